The van der Waals surface area contributed by atoms with E-state index in [1.807, 2.05) is 37.3 Å². The molecule has 1 fully saturated rings. The maximum atomic E-state index is 13.6. The summed E-state index contributed by atoms with van der Waals surface area (Å²) in [5.41, 5.74) is 1.38. The van der Waals surface area contributed by atoms with E-state index in [-0.39, 0.29) is 30.8 Å². The predicted octanol–water partition coefficient (Wildman–Crippen LogP) is 4.50. The highest BCUT2D eigenvalue weighted by Crippen LogP contribution is 2.30. The number of ether oxygens (including phenoxy) is 1. The summed E-state index contributed by atoms with van der Waals surface area (Å²) >= 11 is 0. The lowest BCUT2D eigenvalue weighted by atomic mass is 9.95. The van der Waals surface area contributed by atoms with Crippen molar-refractivity contribution in [1.82, 2.24) is 10.2 Å². The van der Waals surface area contributed by atoms with E-state index in [0.717, 1.165) is 37.5 Å². The summed E-state index contributed by atoms with van der Waals surface area (Å²) in [4.78, 5) is 28.6. The van der Waals surface area contributed by atoms with Gasteiger partial charge in [-0.1, -0.05) is 68.7 Å². The molecule has 38 heavy (non-hydrogen) atoms. The fourth-order valence-electron chi connectivity index (χ4n) is 5.06. The van der Waals surface area contributed by atoms with Crippen LogP contribution in [0.5, 0.6) is 5.75 Å². The van der Waals surface area contributed by atoms with Gasteiger partial charge in [0.05, 0.1) is 19.1 Å². The molecule has 0 aliphatic heterocycles. The molecular weight excluding hydrogens is 502 g/mol. The minimum Gasteiger partial charge on any atom is -0.495 e. The lowest BCUT2D eigenvalue weighted by Gasteiger charge is -2.33. The average molecular weight is 544 g/mol. The standard InChI is InChI=1S/C29H41N3O5S/c1-4-25(29(34)30-24-16-9-6-10-17-24)31(22-23-14-7-5-8-15-23)28(33)20-13-21-32(38(3,35)36)26-18-11-12-19-27(26)37-2/h5,7-8,11-12,14-15,18-19,24-25H,4,6,9-10,13,16-17,20-22H2,1-3H3,(H,30,34). The fourth-order valence-corrected chi connectivity index (χ4v) is 6.03. The number of nitrogens with one attached hydrogen (secondary N) is 1. The molecule has 0 radical (unpaired) electrons. The summed E-state index contributed by atoms with van der Waals surface area (Å²) in [6.07, 6.45) is 7.41. The number of carbonyl (C=O) groups excluding carboxylic acids is 2. The van der Waals surface area contributed by atoms with Crippen molar-refractivity contribution < 1.29 is 22.7 Å². The minimum absolute atomic E-state index is 0.112. The number of anilines is 1. The lowest BCUT2D eigenvalue weighted by molar-refractivity contribution is -0.141. The summed E-state index contributed by atoms with van der Waals surface area (Å²) in [5, 5.41) is 3.19. The molecule has 2 aromatic rings. The molecule has 0 saturated heterocycles. The van der Waals surface area contributed by atoms with Crippen LogP contribution in [0.1, 0.15) is 63.9 Å². The van der Waals surface area contributed by atoms with E-state index in [4.69, 9.17) is 4.74 Å². The number of nitrogens with zero attached hydrogens (tertiary/aromatic N) is 2. The molecule has 2 aromatic carbocycles. The van der Waals surface area contributed by atoms with Crippen molar-refractivity contribution in [1.29, 1.82) is 0 Å². The monoisotopic (exact) mass is 543 g/mol. The quantitative estimate of drug-likeness (QED) is 0.401. The van der Waals surface area contributed by atoms with Crippen LogP contribution in [0.3, 0.4) is 0 Å². The number of methoxy groups -OCH3 is 1. The van der Waals surface area contributed by atoms with Crippen molar-refractivity contribution in [3.05, 3.63) is 60.2 Å². The summed E-state index contributed by atoms with van der Waals surface area (Å²) in [6, 6.07) is 16.1. The number of hydrogen-bond acceptors (Lipinski definition) is 5. The second kappa shape index (κ2) is 14.2. The molecule has 1 aliphatic carbocycles. The van der Waals surface area contributed by atoms with E-state index in [1.54, 1.807) is 29.2 Å². The number of carbonyl (C=O) groups is 2. The van der Waals surface area contributed by atoms with Crippen LogP contribution in [0.4, 0.5) is 5.69 Å². The zero-order chi connectivity index (χ0) is 27.5. The summed E-state index contributed by atoms with van der Waals surface area (Å²) in [6.45, 7) is 2.36. The van der Waals surface area contributed by atoms with Gasteiger partial charge >= 0.3 is 0 Å². The van der Waals surface area contributed by atoms with Crippen LogP contribution < -0.4 is 14.4 Å². The van der Waals surface area contributed by atoms with Crippen LogP contribution in [0.25, 0.3) is 0 Å². The molecule has 2 amide bonds. The van der Waals surface area contributed by atoms with Crippen LogP contribution >= 0.6 is 0 Å². The molecule has 1 N–H and O–H groups in total. The van der Waals surface area contributed by atoms with Gasteiger partial charge in [0, 0.05) is 25.6 Å². The normalized spacial score (nSPS) is 14.9. The van der Waals surface area contributed by atoms with Crippen LogP contribution in [0.15, 0.2) is 54.6 Å². The maximum Gasteiger partial charge on any atom is 0.243 e. The third kappa shape index (κ3) is 8.21. The van der Waals surface area contributed by atoms with E-state index < -0.39 is 16.1 Å². The third-order valence-electron chi connectivity index (χ3n) is 7.04. The molecule has 3 rings (SSSR count). The van der Waals surface area contributed by atoms with Gasteiger partial charge in [0.25, 0.3) is 0 Å². The zero-order valence-electron chi connectivity index (χ0n) is 22.8. The Bertz CT molecular complexity index is 1150. The van der Waals surface area contributed by atoms with Crippen molar-refractivity contribution >= 4 is 27.5 Å². The fraction of sp³-hybridized carbons (Fsp3) is 0.517. The number of para-hydroxylation sites is 2. The van der Waals surface area contributed by atoms with Crippen LogP contribution in [0.2, 0.25) is 0 Å². The van der Waals surface area contributed by atoms with E-state index >= 15 is 0 Å². The highest BCUT2D eigenvalue weighted by molar-refractivity contribution is 7.92. The number of rotatable bonds is 13. The second-order valence-electron chi connectivity index (χ2n) is 9.89. The molecular formula is C29H41N3O5S. The van der Waals surface area contributed by atoms with Crippen molar-refractivity contribution in [2.45, 2.75) is 76.9 Å². The maximum absolute atomic E-state index is 13.6. The van der Waals surface area contributed by atoms with Gasteiger partial charge in [-0.3, -0.25) is 13.9 Å². The third-order valence-corrected chi connectivity index (χ3v) is 8.22. The number of amides is 2. The first-order valence-electron chi connectivity index (χ1n) is 13.5. The molecule has 0 heterocycles. The second-order valence-corrected chi connectivity index (χ2v) is 11.8. The molecule has 0 spiro atoms. The Labute approximate surface area is 227 Å². The smallest absolute Gasteiger partial charge is 0.243 e. The van der Waals surface area contributed by atoms with Gasteiger partial charge in [0.15, 0.2) is 0 Å². The molecule has 1 aliphatic rings. The summed E-state index contributed by atoms with van der Waals surface area (Å²) in [5.74, 6) is 0.156. The topological polar surface area (TPSA) is 96.0 Å². The van der Waals surface area contributed by atoms with Gasteiger partial charge < -0.3 is 15.0 Å². The number of hydrogen-bond donors (Lipinski definition) is 1. The van der Waals surface area contributed by atoms with E-state index in [2.05, 4.69) is 5.32 Å². The minimum atomic E-state index is -3.60. The van der Waals surface area contributed by atoms with Gasteiger partial charge in [-0.05, 0) is 43.4 Å². The molecule has 1 unspecified atom stereocenters. The van der Waals surface area contributed by atoms with E-state index in [0.29, 0.717) is 30.8 Å². The van der Waals surface area contributed by atoms with Crippen molar-refractivity contribution in [3.63, 3.8) is 0 Å². The number of sulfonamides is 1. The zero-order valence-corrected chi connectivity index (χ0v) is 23.6. The first kappa shape index (κ1) is 29.5. The van der Waals surface area contributed by atoms with E-state index in [9.17, 15) is 18.0 Å². The molecule has 0 bridgehead atoms. The Morgan fingerprint density at radius 1 is 1.03 bits per heavy atom. The number of benzene rings is 2. The molecule has 208 valence electrons. The Balaban J connectivity index is 1.75. The van der Waals surface area contributed by atoms with Gasteiger partial charge in [-0.25, -0.2) is 8.42 Å². The van der Waals surface area contributed by atoms with Gasteiger partial charge in [0.1, 0.15) is 11.8 Å². The Kier molecular flexibility index (Phi) is 11.0. The van der Waals surface area contributed by atoms with Crippen LogP contribution in [-0.4, -0.2) is 57.1 Å². The predicted molar refractivity (Wildman–Crippen MR) is 151 cm³/mol. The first-order valence-corrected chi connectivity index (χ1v) is 15.3. The van der Waals surface area contributed by atoms with Gasteiger partial charge in [-0.2, -0.15) is 0 Å². The van der Waals surface area contributed by atoms with Crippen LogP contribution in [0, 0.1) is 0 Å². The molecule has 1 saturated carbocycles. The molecule has 0 aromatic heterocycles. The Morgan fingerprint density at radius 3 is 2.32 bits per heavy atom. The Morgan fingerprint density at radius 2 is 1.68 bits per heavy atom. The van der Waals surface area contributed by atoms with Crippen molar-refractivity contribution in [3.8, 4) is 5.75 Å². The highest BCUT2D eigenvalue weighted by atomic mass is 32.2. The largest absolute Gasteiger partial charge is 0.495 e. The molecule has 8 nitrogen and oxygen atoms in total. The van der Waals surface area contributed by atoms with Gasteiger partial charge in [-0.15, -0.1) is 0 Å². The SMILES string of the molecule is CCC(C(=O)NC1CCCCC1)N(Cc1ccccc1)C(=O)CCCN(c1ccccc1OC)S(C)(=O)=O. The lowest BCUT2D eigenvalue weighted by Crippen LogP contribution is -2.51. The van der Waals surface area contributed by atoms with Gasteiger partial charge in [0.2, 0.25) is 21.8 Å². The first-order chi connectivity index (χ1) is 18.2. The molecule has 9 heteroatoms. The summed E-state index contributed by atoms with van der Waals surface area (Å²) < 4.78 is 31.8. The Hall–Kier alpha value is -3.07. The summed E-state index contributed by atoms with van der Waals surface area (Å²) in [7, 11) is -2.11. The van der Waals surface area contributed by atoms with Crippen molar-refractivity contribution in [2.75, 3.05) is 24.2 Å². The van der Waals surface area contributed by atoms with E-state index in [1.165, 1.54) is 17.8 Å². The van der Waals surface area contributed by atoms with Crippen LogP contribution in [-0.2, 0) is 26.2 Å². The highest BCUT2D eigenvalue weighted by Gasteiger charge is 2.30. The average Bonchev–Trinajstić information content (AvgIpc) is 2.91. The molecule has 1 atom stereocenters. The van der Waals surface area contributed by atoms with Crippen molar-refractivity contribution in [2.24, 2.45) is 0 Å².